The molecule has 2 heterocycles. The molecule has 0 aromatic carbocycles. The lowest BCUT2D eigenvalue weighted by atomic mass is 9.88. The van der Waals surface area contributed by atoms with Crippen LogP contribution in [0.1, 0.15) is 49.9 Å². The molecule has 4 nitrogen and oxygen atoms in total. The topological polar surface area (TPSA) is 66.0 Å². The molecule has 3 rings (SSSR count). The van der Waals surface area contributed by atoms with Gasteiger partial charge in [-0.1, -0.05) is 13.8 Å². The number of nitrogens with one attached hydrogen (secondary N) is 1. The number of piperidine rings is 1. The van der Waals surface area contributed by atoms with Crippen molar-refractivity contribution >= 4 is 11.7 Å². The molecule has 0 saturated carbocycles. The summed E-state index contributed by atoms with van der Waals surface area (Å²) in [6, 6.07) is 2.13. The summed E-state index contributed by atoms with van der Waals surface area (Å²) >= 11 is 0. The van der Waals surface area contributed by atoms with Gasteiger partial charge in [0.05, 0.1) is 5.56 Å². The zero-order valence-electron chi connectivity index (χ0n) is 13.2. The Bertz CT molecular complexity index is 552. The van der Waals surface area contributed by atoms with E-state index in [1.54, 1.807) is 0 Å². The molecule has 1 saturated heterocycles. The van der Waals surface area contributed by atoms with Gasteiger partial charge in [-0.3, -0.25) is 5.41 Å². The zero-order valence-corrected chi connectivity index (χ0v) is 13.2. The summed E-state index contributed by atoms with van der Waals surface area (Å²) in [6.07, 6.45) is 5.80. The summed E-state index contributed by atoms with van der Waals surface area (Å²) in [4.78, 5) is 7.27. The highest BCUT2D eigenvalue weighted by atomic mass is 15.2. The van der Waals surface area contributed by atoms with Crippen LogP contribution in [0.2, 0.25) is 0 Å². The lowest BCUT2D eigenvalue weighted by molar-refractivity contribution is 0.322. The van der Waals surface area contributed by atoms with Crippen molar-refractivity contribution in [1.29, 1.82) is 5.41 Å². The molecular formula is C17H26N4. The van der Waals surface area contributed by atoms with Crippen LogP contribution in [0.3, 0.4) is 0 Å². The van der Waals surface area contributed by atoms with Crippen molar-refractivity contribution in [2.75, 3.05) is 18.0 Å². The minimum Gasteiger partial charge on any atom is -0.384 e. The van der Waals surface area contributed by atoms with Crippen LogP contribution in [-0.4, -0.2) is 23.9 Å². The monoisotopic (exact) mass is 286 g/mol. The van der Waals surface area contributed by atoms with Crippen LogP contribution in [0, 0.1) is 17.2 Å². The van der Waals surface area contributed by atoms with E-state index in [2.05, 4.69) is 24.8 Å². The summed E-state index contributed by atoms with van der Waals surface area (Å²) in [5, 5.41) is 7.91. The normalized spacial score (nSPS) is 25.5. The van der Waals surface area contributed by atoms with Crippen molar-refractivity contribution in [3.05, 3.63) is 22.9 Å². The lowest BCUT2D eigenvalue weighted by Gasteiger charge is -2.37. The third-order valence-corrected chi connectivity index (χ3v) is 5.20. The molecule has 1 aromatic rings. The maximum atomic E-state index is 7.91. The predicted octanol–water partition coefficient (Wildman–Crippen LogP) is 2.73. The van der Waals surface area contributed by atoms with Gasteiger partial charge in [0.25, 0.3) is 0 Å². The Labute approximate surface area is 127 Å². The largest absolute Gasteiger partial charge is 0.384 e. The Morgan fingerprint density at radius 2 is 2.05 bits per heavy atom. The first kappa shape index (κ1) is 14.4. The van der Waals surface area contributed by atoms with Gasteiger partial charge < -0.3 is 10.6 Å². The maximum absolute atomic E-state index is 7.91. The third kappa shape index (κ3) is 2.76. The molecule has 2 unspecified atom stereocenters. The number of nitrogen functional groups attached to an aromatic ring is 1. The van der Waals surface area contributed by atoms with Gasteiger partial charge >= 0.3 is 0 Å². The van der Waals surface area contributed by atoms with Gasteiger partial charge in [0.15, 0.2) is 0 Å². The third-order valence-electron chi connectivity index (χ3n) is 5.20. The van der Waals surface area contributed by atoms with E-state index in [1.165, 1.54) is 30.5 Å². The molecule has 2 aliphatic rings. The van der Waals surface area contributed by atoms with E-state index >= 15 is 0 Å². The molecule has 3 N–H and O–H groups in total. The highest BCUT2D eigenvalue weighted by Crippen LogP contribution is 2.31. The molecule has 4 heteroatoms. The van der Waals surface area contributed by atoms with E-state index in [0.29, 0.717) is 5.92 Å². The number of amidine groups is 1. The summed E-state index contributed by atoms with van der Waals surface area (Å²) in [6.45, 7) is 6.68. The Morgan fingerprint density at radius 1 is 1.29 bits per heavy atom. The molecule has 0 spiro atoms. The zero-order chi connectivity index (χ0) is 15.0. The maximum Gasteiger partial charge on any atom is 0.139 e. The van der Waals surface area contributed by atoms with E-state index in [1.807, 2.05) is 0 Å². The Kier molecular flexibility index (Phi) is 3.87. The van der Waals surface area contributed by atoms with Gasteiger partial charge in [0, 0.05) is 18.8 Å². The van der Waals surface area contributed by atoms with Gasteiger partial charge in [0.1, 0.15) is 11.7 Å². The fourth-order valence-corrected chi connectivity index (χ4v) is 3.52. The second-order valence-electron chi connectivity index (χ2n) is 6.78. The molecule has 1 aliphatic carbocycles. The van der Waals surface area contributed by atoms with Crippen LogP contribution in [-0.2, 0) is 12.8 Å². The first-order chi connectivity index (χ1) is 10.1. The van der Waals surface area contributed by atoms with Gasteiger partial charge in [-0.05, 0) is 55.6 Å². The van der Waals surface area contributed by atoms with Crippen LogP contribution >= 0.6 is 0 Å². The second kappa shape index (κ2) is 5.66. The van der Waals surface area contributed by atoms with Gasteiger partial charge in [-0.15, -0.1) is 0 Å². The Balaban J connectivity index is 1.98. The van der Waals surface area contributed by atoms with E-state index < -0.39 is 0 Å². The van der Waals surface area contributed by atoms with Crippen LogP contribution in [0.5, 0.6) is 0 Å². The summed E-state index contributed by atoms with van der Waals surface area (Å²) in [7, 11) is 0. The van der Waals surface area contributed by atoms with Crippen molar-refractivity contribution in [3.8, 4) is 0 Å². The number of aromatic nitrogens is 1. The SMILES string of the molecule is CC1CCN(c2nc3c(cc2C(=N)N)CCCC3)CC1C. The van der Waals surface area contributed by atoms with E-state index in [0.717, 1.165) is 43.2 Å². The predicted molar refractivity (Wildman–Crippen MR) is 87.1 cm³/mol. The lowest BCUT2D eigenvalue weighted by Crippen LogP contribution is -2.40. The van der Waals surface area contributed by atoms with Crippen molar-refractivity contribution in [2.24, 2.45) is 17.6 Å². The second-order valence-corrected chi connectivity index (χ2v) is 6.78. The highest BCUT2D eigenvalue weighted by Gasteiger charge is 2.27. The van der Waals surface area contributed by atoms with Gasteiger partial charge in [0.2, 0.25) is 0 Å². The number of nitrogens with two attached hydrogens (primary N) is 1. The van der Waals surface area contributed by atoms with Crippen molar-refractivity contribution in [3.63, 3.8) is 0 Å². The molecule has 1 aliphatic heterocycles. The standard InChI is InChI=1S/C17H26N4/c1-11-7-8-21(10-12(11)2)17-14(16(18)19)9-13-5-3-4-6-15(13)20-17/h9,11-12H,3-8,10H2,1-2H3,(H3,18,19). The molecule has 2 atom stereocenters. The molecule has 21 heavy (non-hydrogen) atoms. The minimum atomic E-state index is 0.150. The number of fused-ring (bicyclic) bond motifs is 1. The first-order valence-corrected chi connectivity index (χ1v) is 8.18. The molecule has 0 bridgehead atoms. The van der Waals surface area contributed by atoms with Gasteiger partial charge in [-0.2, -0.15) is 0 Å². The van der Waals surface area contributed by atoms with Crippen molar-refractivity contribution in [2.45, 2.75) is 46.0 Å². The summed E-state index contributed by atoms with van der Waals surface area (Å²) in [5.74, 6) is 2.52. The molecule has 0 radical (unpaired) electrons. The first-order valence-electron chi connectivity index (χ1n) is 8.18. The smallest absolute Gasteiger partial charge is 0.139 e. The number of hydrogen-bond acceptors (Lipinski definition) is 3. The van der Waals surface area contributed by atoms with Crippen molar-refractivity contribution in [1.82, 2.24) is 4.98 Å². The van der Waals surface area contributed by atoms with Crippen LogP contribution < -0.4 is 10.6 Å². The summed E-state index contributed by atoms with van der Waals surface area (Å²) in [5.41, 5.74) is 9.19. The van der Waals surface area contributed by atoms with E-state index in [-0.39, 0.29) is 5.84 Å². The number of pyridine rings is 1. The molecule has 0 amide bonds. The fourth-order valence-electron chi connectivity index (χ4n) is 3.52. The molecular weight excluding hydrogens is 260 g/mol. The molecule has 1 fully saturated rings. The molecule has 1 aromatic heterocycles. The van der Waals surface area contributed by atoms with Gasteiger partial charge in [-0.25, -0.2) is 4.98 Å². The Morgan fingerprint density at radius 3 is 2.76 bits per heavy atom. The Hall–Kier alpha value is -1.58. The molecule has 114 valence electrons. The average Bonchev–Trinajstić information content (AvgIpc) is 2.48. The number of anilines is 1. The minimum absolute atomic E-state index is 0.150. The fraction of sp³-hybridized carbons (Fsp3) is 0.647. The highest BCUT2D eigenvalue weighted by molar-refractivity contribution is 6.00. The average molecular weight is 286 g/mol. The van der Waals surface area contributed by atoms with Crippen LogP contribution in [0.15, 0.2) is 6.07 Å². The summed E-state index contributed by atoms with van der Waals surface area (Å²) < 4.78 is 0. The van der Waals surface area contributed by atoms with E-state index in [9.17, 15) is 0 Å². The number of aryl methyl sites for hydroxylation is 2. The quantitative estimate of drug-likeness (QED) is 0.649. The van der Waals surface area contributed by atoms with Crippen LogP contribution in [0.25, 0.3) is 0 Å². The number of hydrogen-bond donors (Lipinski definition) is 2. The number of nitrogens with zero attached hydrogens (tertiary/aromatic N) is 2. The van der Waals surface area contributed by atoms with E-state index in [4.69, 9.17) is 16.1 Å². The van der Waals surface area contributed by atoms with Crippen LogP contribution in [0.4, 0.5) is 5.82 Å². The number of rotatable bonds is 2. The van der Waals surface area contributed by atoms with Crippen molar-refractivity contribution < 1.29 is 0 Å².